The Morgan fingerprint density at radius 2 is 2.06 bits per heavy atom. The first-order valence-corrected chi connectivity index (χ1v) is 12.7. The summed E-state index contributed by atoms with van der Waals surface area (Å²) in [6, 6.07) is 5.82. The van der Waals surface area contributed by atoms with Gasteiger partial charge in [0, 0.05) is 18.7 Å². The molecular formula is C26H31N7O3. The van der Waals surface area contributed by atoms with Crippen molar-refractivity contribution in [2.75, 3.05) is 5.32 Å². The first-order chi connectivity index (χ1) is 17.4. The third kappa shape index (κ3) is 4.08. The molecule has 0 spiro atoms. The van der Waals surface area contributed by atoms with Crippen LogP contribution in [-0.4, -0.2) is 47.1 Å². The van der Waals surface area contributed by atoms with Gasteiger partial charge in [0.05, 0.1) is 41.3 Å². The summed E-state index contributed by atoms with van der Waals surface area (Å²) in [7, 11) is 1.86. The minimum absolute atomic E-state index is 0.108. The monoisotopic (exact) mass is 489 g/mol. The number of carbonyl (C=O) groups is 1. The minimum atomic E-state index is -0.742. The lowest BCUT2D eigenvalue weighted by molar-refractivity contribution is -0.143. The van der Waals surface area contributed by atoms with Crippen LogP contribution < -0.4 is 10.1 Å². The Labute approximate surface area is 209 Å². The number of nitrogens with zero attached hydrogens (tertiary/aromatic N) is 6. The zero-order chi connectivity index (χ0) is 24.9. The van der Waals surface area contributed by atoms with E-state index in [2.05, 4.69) is 20.6 Å². The van der Waals surface area contributed by atoms with Crippen molar-refractivity contribution in [3.63, 3.8) is 0 Å². The van der Waals surface area contributed by atoms with Gasteiger partial charge in [0.2, 0.25) is 5.95 Å². The van der Waals surface area contributed by atoms with Crippen molar-refractivity contribution in [2.24, 2.45) is 18.9 Å². The lowest BCUT2D eigenvalue weighted by atomic mass is 9.43. The van der Waals surface area contributed by atoms with Crippen LogP contribution in [0.4, 0.5) is 5.95 Å². The van der Waals surface area contributed by atoms with Gasteiger partial charge in [-0.05, 0) is 76.0 Å². The van der Waals surface area contributed by atoms with Crippen molar-refractivity contribution >= 4 is 11.9 Å². The summed E-state index contributed by atoms with van der Waals surface area (Å²) >= 11 is 0. The van der Waals surface area contributed by atoms with Crippen LogP contribution in [-0.2, 0) is 23.8 Å². The van der Waals surface area contributed by atoms with Gasteiger partial charge in [-0.25, -0.2) is 19.6 Å². The number of nitrogens with one attached hydrogen (secondary N) is 1. The van der Waals surface area contributed by atoms with Gasteiger partial charge < -0.3 is 15.2 Å². The van der Waals surface area contributed by atoms with Crippen molar-refractivity contribution in [1.82, 2.24) is 29.9 Å². The zero-order valence-corrected chi connectivity index (χ0v) is 20.6. The molecule has 4 fully saturated rings. The van der Waals surface area contributed by atoms with E-state index in [9.17, 15) is 9.90 Å². The molecule has 0 unspecified atom stereocenters. The van der Waals surface area contributed by atoms with Crippen molar-refractivity contribution < 1.29 is 14.6 Å². The summed E-state index contributed by atoms with van der Waals surface area (Å²) in [4.78, 5) is 25.3. The Morgan fingerprint density at radius 3 is 2.78 bits per heavy atom. The van der Waals surface area contributed by atoms with E-state index in [1.54, 1.807) is 4.68 Å². The van der Waals surface area contributed by atoms with Crippen LogP contribution in [0, 0.1) is 18.8 Å². The Hall–Kier alpha value is -3.56. The highest BCUT2D eigenvalue weighted by Gasteiger charge is 2.58. The predicted molar refractivity (Wildman–Crippen MR) is 131 cm³/mol. The average molecular weight is 490 g/mol. The number of hydrogen-bond donors (Lipinski definition) is 2. The van der Waals surface area contributed by atoms with E-state index >= 15 is 0 Å². The normalized spacial score (nSPS) is 26.6. The molecule has 2 bridgehead atoms. The SMILES string of the molecule is Cc1nc(-c2nnn(C)c2CNc2nccc(C34CC(C3)C4)n2)ccc1O[C@H]1CCC[C@H](C(=O)O)C1. The van der Waals surface area contributed by atoms with Crippen molar-refractivity contribution in [2.45, 2.75) is 69.9 Å². The molecule has 0 saturated heterocycles. The number of ether oxygens (including phenoxy) is 1. The van der Waals surface area contributed by atoms with Crippen molar-refractivity contribution in [1.29, 1.82) is 0 Å². The Morgan fingerprint density at radius 1 is 1.22 bits per heavy atom. The van der Waals surface area contributed by atoms with Crippen LogP contribution in [0.15, 0.2) is 24.4 Å². The molecule has 3 aromatic heterocycles. The maximum atomic E-state index is 11.4. The van der Waals surface area contributed by atoms with E-state index in [0.717, 1.165) is 35.8 Å². The minimum Gasteiger partial charge on any atom is -0.489 e. The second-order valence-corrected chi connectivity index (χ2v) is 10.6. The standard InChI is InChI=1S/C26H31N7O3/c1-15-21(36-18-5-3-4-17(10-18)24(34)35)7-6-19(29-15)23-20(33(2)32-31-23)14-28-25-27-9-8-22(30-25)26-11-16(12-26)13-26/h6-9,16-18H,3-5,10-14H2,1-2H3,(H,34,35)(H,27,28,30)/t16?,17-,18-,26?/m0/s1. The number of aryl methyl sites for hydroxylation is 2. The molecule has 0 amide bonds. The Bertz CT molecular complexity index is 1290. The first kappa shape index (κ1) is 22.9. The second-order valence-electron chi connectivity index (χ2n) is 10.6. The van der Waals surface area contributed by atoms with Crippen molar-refractivity contribution in [3.8, 4) is 17.1 Å². The van der Waals surface area contributed by atoms with Crippen LogP contribution in [0.25, 0.3) is 11.4 Å². The molecule has 3 heterocycles. The summed E-state index contributed by atoms with van der Waals surface area (Å²) in [5.74, 6) is 1.11. The summed E-state index contributed by atoms with van der Waals surface area (Å²) in [5.41, 5.74) is 4.46. The fourth-order valence-corrected chi connectivity index (χ4v) is 5.93. The van der Waals surface area contributed by atoms with Gasteiger partial charge in [-0.2, -0.15) is 0 Å². The summed E-state index contributed by atoms with van der Waals surface area (Å²) in [6.45, 7) is 2.37. The molecule has 4 saturated carbocycles. The van der Waals surface area contributed by atoms with Crippen LogP contribution >= 0.6 is 0 Å². The molecule has 188 valence electrons. The van der Waals surface area contributed by atoms with Crippen molar-refractivity contribution in [3.05, 3.63) is 41.5 Å². The summed E-state index contributed by atoms with van der Waals surface area (Å²) in [6.07, 6.45) is 8.45. The lowest BCUT2D eigenvalue weighted by Gasteiger charge is -2.61. The fourth-order valence-electron chi connectivity index (χ4n) is 5.93. The van der Waals surface area contributed by atoms with Gasteiger partial charge >= 0.3 is 5.97 Å². The molecule has 0 aliphatic heterocycles. The van der Waals surface area contributed by atoms with Gasteiger partial charge in [0.1, 0.15) is 11.4 Å². The third-order valence-corrected chi connectivity index (χ3v) is 8.14. The Balaban J connectivity index is 1.15. The number of rotatable bonds is 8. The summed E-state index contributed by atoms with van der Waals surface area (Å²) < 4.78 is 7.90. The fraction of sp³-hybridized carbons (Fsp3) is 0.538. The number of aliphatic carboxylic acids is 1. The van der Waals surface area contributed by atoms with Gasteiger partial charge in [-0.15, -0.1) is 5.10 Å². The molecule has 2 N–H and O–H groups in total. The molecule has 2 atom stereocenters. The third-order valence-electron chi connectivity index (χ3n) is 8.14. The van der Waals surface area contributed by atoms with Crippen LogP contribution in [0.5, 0.6) is 5.75 Å². The number of carboxylic acids is 1. The van der Waals surface area contributed by atoms with E-state index < -0.39 is 5.97 Å². The van der Waals surface area contributed by atoms with E-state index in [1.807, 2.05) is 38.4 Å². The molecular weight excluding hydrogens is 458 g/mol. The topological polar surface area (TPSA) is 128 Å². The molecule has 7 rings (SSSR count). The maximum Gasteiger partial charge on any atom is 0.306 e. The average Bonchev–Trinajstić information content (AvgIpc) is 3.18. The highest BCUT2D eigenvalue weighted by Crippen LogP contribution is 2.64. The number of carboxylic acid groups (broad SMARTS) is 1. The van der Waals surface area contributed by atoms with Crippen LogP contribution in [0.1, 0.15) is 62.0 Å². The highest BCUT2D eigenvalue weighted by molar-refractivity contribution is 5.70. The highest BCUT2D eigenvalue weighted by atomic mass is 16.5. The molecule has 0 aromatic carbocycles. The molecule has 0 radical (unpaired) electrons. The van der Waals surface area contributed by atoms with Crippen LogP contribution in [0.2, 0.25) is 0 Å². The van der Waals surface area contributed by atoms with Gasteiger partial charge in [-0.1, -0.05) is 5.21 Å². The second kappa shape index (κ2) is 8.83. The predicted octanol–water partition coefficient (Wildman–Crippen LogP) is 3.66. The zero-order valence-electron chi connectivity index (χ0n) is 20.6. The quantitative estimate of drug-likeness (QED) is 0.487. The number of anilines is 1. The largest absolute Gasteiger partial charge is 0.489 e. The van der Waals surface area contributed by atoms with E-state index in [-0.39, 0.29) is 12.0 Å². The molecule has 10 nitrogen and oxygen atoms in total. The smallest absolute Gasteiger partial charge is 0.306 e. The van der Waals surface area contributed by atoms with Gasteiger partial charge in [-0.3, -0.25) is 4.79 Å². The molecule has 4 aliphatic rings. The van der Waals surface area contributed by atoms with E-state index in [0.29, 0.717) is 47.9 Å². The maximum absolute atomic E-state index is 11.4. The van der Waals surface area contributed by atoms with E-state index in [4.69, 9.17) is 14.7 Å². The summed E-state index contributed by atoms with van der Waals surface area (Å²) in [5, 5.41) is 21.3. The van der Waals surface area contributed by atoms with Crippen LogP contribution in [0.3, 0.4) is 0 Å². The number of aromatic nitrogens is 6. The van der Waals surface area contributed by atoms with E-state index in [1.165, 1.54) is 19.3 Å². The molecule has 36 heavy (non-hydrogen) atoms. The first-order valence-electron chi connectivity index (χ1n) is 12.7. The van der Waals surface area contributed by atoms with Gasteiger partial charge in [0.25, 0.3) is 0 Å². The lowest BCUT2D eigenvalue weighted by Crippen LogP contribution is -2.55. The molecule has 10 heteroatoms. The number of hydrogen-bond acceptors (Lipinski definition) is 8. The Kier molecular flexibility index (Phi) is 5.61. The molecule has 4 aliphatic carbocycles. The molecule has 3 aromatic rings. The van der Waals surface area contributed by atoms with Gasteiger partial charge in [0.15, 0.2) is 0 Å². The number of pyridine rings is 1.